The summed E-state index contributed by atoms with van der Waals surface area (Å²) in [5.74, 6) is -1.02. The van der Waals surface area contributed by atoms with Crippen LogP contribution in [0.1, 0.15) is 37.5 Å². The second kappa shape index (κ2) is 12.1. The first-order chi connectivity index (χ1) is 16.8. The Labute approximate surface area is 239 Å². The molecule has 0 amide bonds. The second-order valence-corrected chi connectivity index (χ2v) is 10.9. The number of aliphatic imine (C=N–C) groups is 1. The topological polar surface area (TPSA) is 153 Å². The predicted molar refractivity (Wildman–Crippen MR) is 140 cm³/mol. The zero-order valence-corrected chi connectivity index (χ0v) is 24.9. The molecule has 192 valence electrons. The number of phenols is 1. The van der Waals surface area contributed by atoms with Gasteiger partial charge in [-0.25, -0.2) is 0 Å². The number of nitrogens with one attached hydrogen (secondary N) is 1. The molecule has 0 aromatic heterocycles. The Hall–Kier alpha value is -2.25. The van der Waals surface area contributed by atoms with Gasteiger partial charge in [-0.05, 0) is 97.5 Å². The molecule has 0 bridgehead atoms. The summed E-state index contributed by atoms with van der Waals surface area (Å²) in [5, 5.41) is 13.7. The standard InChI is InChI=1S/C25H28N2O7S2.Na/c1-5-26-20-9-7-17(11-15(20)3)24(18-8-10-21(27-6-2)16(4)12-18)19-13-22(28)25(36(32,33)34)23(14-19)35(29,30)31;/h7-14,26,28H,5-6H2,1-4H3,(H,29,30,31)(H,32,33,34);/q;+1/b24-18+,27-21?;. The molecule has 37 heavy (non-hydrogen) atoms. The minimum atomic E-state index is -5.18. The fourth-order valence-electron chi connectivity index (χ4n) is 4.05. The van der Waals surface area contributed by atoms with Crippen LogP contribution in [0.2, 0.25) is 0 Å². The summed E-state index contributed by atoms with van der Waals surface area (Å²) in [6.45, 7) is 8.95. The van der Waals surface area contributed by atoms with Crippen molar-refractivity contribution in [1.29, 1.82) is 0 Å². The molecule has 0 atom stereocenters. The van der Waals surface area contributed by atoms with Crippen LogP contribution in [0.15, 0.2) is 74.5 Å². The largest absolute Gasteiger partial charge is 1.00 e. The molecule has 12 heteroatoms. The number of nitrogens with zero attached hydrogens (tertiary/aromatic N) is 1. The Morgan fingerprint density at radius 2 is 1.62 bits per heavy atom. The Morgan fingerprint density at radius 3 is 2.14 bits per heavy atom. The van der Waals surface area contributed by atoms with Gasteiger partial charge in [0, 0.05) is 18.8 Å². The van der Waals surface area contributed by atoms with Crippen LogP contribution in [0.5, 0.6) is 5.75 Å². The van der Waals surface area contributed by atoms with E-state index in [9.17, 15) is 31.0 Å². The average molecular weight is 556 g/mol. The number of aryl methyl sites for hydroxylation is 1. The maximum Gasteiger partial charge on any atom is 1.00 e. The molecule has 3 rings (SSSR count). The van der Waals surface area contributed by atoms with Crippen LogP contribution in [0, 0.1) is 6.92 Å². The first kappa shape index (κ1) is 31.0. The molecule has 0 heterocycles. The van der Waals surface area contributed by atoms with Crippen molar-refractivity contribution in [2.75, 3.05) is 18.4 Å². The predicted octanol–water partition coefficient (Wildman–Crippen LogP) is 1.41. The van der Waals surface area contributed by atoms with E-state index in [1.165, 1.54) is 0 Å². The fourth-order valence-corrected chi connectivity index (χ4v) is 5.93. The van der Waals surface area contributed by atoms with Gasteiger partial charge in [-0.3, -0.25) is 14.1 Å². The Morgan fingerprint density at radius 1 is 0.946 bits per heavy atom. The summed E-state index contributed by atoms with van der Waals surface area (Å²) in [7, 11) is -10.3. The molecule has 0 unspecified atom stereocenters. The minimum Gasteiger partial charge on any atom is -0.506 e. The third-order valence-electron chi connectivity index (χ3n) is 5.56. The fraction of sp³-hybridized carbons (Fsp3) is 0.240. The molecule has 1 aliphatic rings. The van der Waals surface area contributed by atoms with Gasteiger partial charge in [-0.15, -0.1) is 0 Å². The van der Waals surface area contributed by atoms with Crippen LogP contribution in [-0.2, 0) is 20.2 Å². The molecule has 0 aliphatic heterocycles. The van der Waals surface area contributed by atoms with E-state index in [0.29, 0.717) is 29.8 Å². The summed E-state index contributed by atoms with van der Waals surface area (Å²) < 4.78 is 67.1. The van der Waals surface area contributed by atoms with Crippen molar-refractivity contribution in [2.45, 2.75) is 37.5 Å². The number of benzene rings is 2. The summed E-state index contributed by atoms with van der Waals surface area (Å²) in [5.41, 5.74) is 5.29. The SMILES string of the molecule is CCN=C1C=C/C(=C(/c2ccc(NCC)c(C)c2)c2cc(O)c(S(=O)(=O)O)c(S(=O)(=O)O)c2)C=C1C.[Na+]. The van der Waals surface area contributed by atoms with Gasteiger partial charge in [0.2, 0.25) is 0 Å². The molecule has 0 saturated heterocycles. The van der Waals surface area contributed by atoms with Crippen molar-refractivity contribution in [3.05, 3.63) is 76.4 Å². The quantitative estimate of drug-likeness (QED) is 0.296. The number of hydrogen-bond acceptors (Lipinski definition) is 7. The van der Waals surface area contributed by atoms with Gasteiger partial charge >= 0.3 is 29.6 Å². The maximum atomic E-state index is 12.1. The van der Waals surface area contributed by atoms with Crippen LogP contribution < -0.4 is 34.9 Å². The number of aromatic hydroxyl groups is 1. The summed E-state index contributed by atoms with van der Waals surface area (Å²) in [6.07, 6.45) is 5.44. The molecule has 2 aromatic carbocycles. The van der Waals surface area contributed by atoms with E-state index >= 15 is 0 Å². The molecule has 0 radical (unpaired) electrons. The van der Waals surface area contributed by atoms with Gasteiger partial charge in [0.05, 0.1) is 5.71 Å². The average Bonchev–Trinajstić information content (AvgIpc) is 2.76. The first-order valence-corrected chi connectivity index (χ1v) is 14.0. The van der Waals surface area contributed by atoms with Crippen molar-refractivity contribution in [3.8, 4) is 5.75 Å². The Balaban J connectivity index is 0.00000481. The maximum absolute atomic E-state index is 12.1. The molecule has 0 saturated carbocycles. The second-order valence-electron chi connectivity index (χ2n) is 8.18. The normalized spacial score (nSPS) is 16.3. The summed E-state index contributed by atoms with van der Waals surface area (Å²) in [6, 6.07) is 7.49. The van der Waals surface area contributed by atoms with E-state index in [4.69, 9.17) is 0 Å². The van der Waals surface area contributed by atoms with Gasteiger partial charge in [0.1, 0.15) is 10.6 Å². The van der Waals surface area contributed by atoms with Crippen molar-refractivity contribution in [1.82, 2.24) is 0 Å². The van der Waals surface area contributed by atoms with E-state index in [2.05, 4.69) is 10.3 Å². The van der Waals surface area contributed by atoms with E-state index in [1.54, 1.807) is 12.1 Å². The van der Waals surface area contributed by atoms with Crippen LogP contribution in [0.25, 0.3) is 5.57 Å². The van der Waals surface area contributed by atoms with Crippen LogP contribution in [0.4, 0.5) is 5.69 Å². The first-order valence-electron chi connectivity index (χ1n) is 11.1. The molecule has 1 aliphatic carbocycles. The van der Waals surface area contributed by atoms with E-state index in [1.807, 2.05) is 52.0 Å². The summed E-state index contributed by atoms with van der Waals surface area (Å²) >= 11 is 0. The van der Waals surface area contributed by atoms with Gasteiger partial charge in [-0.1, -0.05) is 12.1 Å². The Kier molecular flexibility index (Phi) is 10.1. The van der Waals surface area contributed by atoms with Crippen LogP contribution in [0.3, 0.4) is 0 Å². The van der Waals surface area contributed by atoms with Crippen molar-refractivity contribution >= 4 is 37.2 Å². The van der Waals surface area contributed by atoms with Crippen LogP contribution in [-0.4, -0.2) is 49.8 Å². The monoisotopic (exact) mass is 555 g/mol. The van der Waals surface area contributed by atoms with Gasteiger partial charge in [0.15, 0.2) is 4.90 Å². The summed E-state index contributed by atoms with van der Waals surface area (Å²) in [4.78, 5) is 2.01. The third kappa shape index (κ3) is 6.99. The van der Waals surface area contributed by atoms with E-state index in [-0.39, 0.29) is 35.1 Å². The van der Waals surface area contributed by atoms with Crippen LogP contribution >= 0.6 is 0 Å². The molecule has 9 nitrogen and oxygen atoms in total. The van der Waals surface area contributed by atoms with Gasteiger partial charge in [0.25, 0.3) is 20.2 Å². The number of phenolic OH excluding ortho intramolecular Hbond substituents is 1. The van der Waals surface area contributed by atoms with Crippen molar-refractivity contribution < 1.29 is 60.6 Å². The zero-order chi connectivity index (χ0) is 26.8. The van der Waals surface area contributed by atoms with Crippen molar-refractivity contribution in [2.24, 2.45) is 4.99 Å². The number of rotatable bonds is 7. The number of allylic oxidation sites excluding steroid dienone is 5. The zero-order valence-electron chi connectivity index (χ0n) is 21.3. The Bertz CT molecular complexity index is 1560. The number of hydrogen-bond donors (Lipinski definition) is 4. The van der Waals surface area contributed by atoms with E-state index in [0.717, 1.165) is 34.7 Å². The van der Waals surface area contributed by atoms with Gasteiger partial charge in [-0.2, -0.15) is 16.8 Å². The smallest absolute Gasteiger partial charge is 0.506 e. The molecule has 0 spiro atoms. The molecule has 4 N–H and O–H groups in total. The van der Waals surface area contributed by atoms with Gasteiger partial charge < -0.3 is 10.4 Å². The van der Waals surface area contributed by atoms with E-state index < -0.39 is 35.8 Å². The molecule has 2 aromatic rings. The minimum absolute atomic E-state index is 0. The molecular weight excluding hydrogens is 527 g/mol. The number of anilines is 1. The molecule has 0 fully saturated rings. The van der Waals surface area contributed by atoms with Crippen molar-refractivity contribution in [3.63, 3.8) is 0 Å². The molecular formula is C25H28N2NaO7S2+. The third-order valence-corrected chi connectivity index (χ3v) is 7.51.